The second kappa shape index (κ2) is 7.59. The Hall–Kier alpha value is -0.610. The van der Waals surface area contributed by atoms with Crippen molar-refractivity contribution in [1.29, 1.82) is 0 Å². The molecular weight excluding hydrogens is 278 g/mol. The molecule has 1 fully saturated rings. The lowest BCUT2D eigenvalue weighted by Crippen LogP contribution is -2.41. The highest BCUT2D eigenvalue weighted by Crippen LogP contribution is 2.35. The fourth-order valence-electron chi connectivity index (χ4n) is 2.97. The maximum absolute atomic E-state index is 5.05. The number of anilines is 1. The van der Waals surface area contributed by atoms with Crippen molar-refractivity contribution in [1.82, 2.24) is 10.3 Å². The summed E-state index contributed by atoms with van der Waals surface area (Å²) in [7, 11) is 0. The van der Waals surface area contributed by atoms with E-state index in [0.29, 0.717) is 12.0 Å². The second-order valence-electron chi connectivity index (χ2n) is 6.58. The molecule has 1 aliphatic rings. The third-order valence-corrected chi connectivity index (χ3v) is 5.80. The molecule has 3 nitrogen and oxygen atoms in total. The van der Waals surface area contributed by atoms with E-state index in [1.54, 1.807) is 0 Å². The maximum Gasteiger partial charge on any atom is 0.186 e. The van der Waals surface area contributed by atoms with Crippen molar-refractivity contribution in [2.75, 3.05) is 18.0 Å². The highest BCUT2D eigenvalue weighted by molar-refractivity contribution is 7.15. The third-order valence-electron chi connectivity index (χ3n) is 4.69. The molecule has 2 heterocycles. The van der Waals surface area contributed by atoms with Gasteiger partial charge in [0, 0.05) is 24.0 Å². The zero-order valence-electron chi connectivity index (χ0n) is 14.3. The Labute approximate surface area is 134 Å². The number of hydrogen-bond donors (Lipinski definition) is 1. The number of aromatic nitrogens is 1. The van der Waals surface area contributed by atoms with Gasteiger partial charge in [-0.05, 0) is 44.6 Å². The van der Waals surface area contributed by atoms with Gasteiger partial charge in [-0.15, -0.1) is 11.3 Å². The summed E-state index contributed by atoms with van der Waals surface area (Å²) in [6.07, 6.45) is 3.81. The van der Waals surface area contributed by atoms with Crippen molar-refractivity contribution in [2.24, 2.45) is 5.92 Å². The first-order valence-corrected chi connectivity index (χ1v) is 9.35. The molecule has 0 aromatic carbocycles. The molecule has 1 aliphatic heterocycles. The Kier molecular flexibility index (Phi) is 6.06. The lowest BCUT2D eigenvalue weighted by atomic mass is 9.96. The van der Waals surface area contributed by atoms with Crippen LogP contribution in [0.2, 0.25) is 0 Å². The van der Waals surface area contributed by atoms with Gasteiger partial charge in [0.1, 0.15) is 0 Å². The molecule has 3 unspecified atom stereocenters. The Morgan fingerprint density at radius 2 is 2.10 bits per heavy atom. The van der Waals surface area contributed by atoms with Gasteiger partial charge in [0.15, 0.2) is 5.13 Å². The minimum atomic E-state index is 0.557. The van der Waals surface area contributed by atoms with Crippen LogP contribution in [0.15, 0.2) is 0 Å². The van der Waals surface area contributed by atoms with E-state index in [9.17, 15) is 0 Å². The van der Waals surface area contributed by atoms with Crippen LogP contribution >= 0.6 is 11.3 Å². The molecule has 0 radical (unpaired) electrons. The number of nitrogens with zero attached hydrogens (tertiary/aromatic N) is 2. The molecular formula is C17H31N3S. The summed E-state index contributed by atoms with van der Waals surface area (Å²) in [5.74, 6) is 1.34. The SMILES string of the molecule is CCNCc1sc(N2CC(C)CCC2C)nc1C(C)CC. The van der Waals surface area contributed by atoms with Crippen LogP contribution in [0.1, 0.15) is 70.4 Å². The Morgan fingerprint density at radius 1 is 1.33 bits per heavy atom. The van der Waals surface area contributed by atoms with Crippen LogP contribution in [-0.4, -0.2) is 24.1 Å². The zero-order chi connectivity index (χ0) is 15.4. The number of rotatable bonds is 6. The van der Waals surface area contributed by atoms with E-state index < -0.39 is 0 Å². The Bertz CT molecular complexity index is 443. The lowest BCUT2D eigenvalue weighted by Gasteiger charge is -2.36. The predicted molar refractivity (Wildman–Crippen MR) is 93.4 cm³/mol. The van der Waals surface area contributed by atoms with Crippen LogP contribution in [0.3, 0.4) is 0 Å². The van der Waals surface area contributed by atoms with Gasteiger partial charge >= 0.3 is 0 Å². The van der Waals surface area contributed by atoms with Gasteiger partial charge in [-0.3, -0.25) is 0 Å². The molecule has 21 heavy (non-hydrogen) atoms. The molecule has 0 bridgehead atoms. The van der Waals surface area contributed by atoms with Gasteiger partial charge in [-0.1, -0.05) is 27.7 Å². The molecule has 1 aromatic rings. The van der Waals surface area contributed by atoms with E-state index in [2.05, 4.69) is 44.8 Å². The summed E-state index contributed by atoms with van der Waals surface area (Å²) < 4.78 is 0. The van der Waals surface area contributed by atoms with E-state index in [1.165, 1.54) is 28.5 Å². The molecule has 1 aromatic heterocycles. The largest absolute Gasteiger partial charge is 0.345 e. The van der Waals surface area contributed by atoms with Gasteiger partial charge in [0.2, 0.25) is 0 Å². The van der Waals surface area contributed by atoms with E-state index in [4.69, 9.17) is 4.98 Å². The second-order valence-corrected chi connectivity index (χ2v) is 7.64. The highest BCUT2D eigenvalue weighted by atomic mass is 32.1. The van der Waals surface area contributed by atoms with Crippen molar-refractivity contribution in [3.05, 3.63) is 10.6 Å². The quantitative estimate of drug-likeness (QED) is 0.844. The van der Waals surface area contributed by atoms with Gasteiger partial charge < -0.3 is 10.2 Å². The molecule has 0 aliphatic carbocycles. The molecule has 4 heteroatoms. The average Bonchev–Trinajstić information content (AvgIpc) is 2.90. The monoisotopic (exact) mass is 309 g/mol. The Balaban J connectivity index is 2.24. The number of hydrogen-bond acceptors (Lipinski definition) is 4. The molecule has 1 saturated heterocycles. The van der Waals surface area contributed by atoms with E-state index in [0.717, 1.165) is 32.0 Å². The minimum Gasteiger partial charge on any atom is -0.345 e. The fraction of sp³-hybridized carbons (Fsp3) is 0.824. The van der Waals surface area contributed by atoms with Crippen LogP contribution in [0, 0.1) is 5.92 Å². The van der Waals surface area contributed by atoms with Gasteiger partial charge in [-0.25, -0.2) is 4.98 Å². The molecule has 3 atom stereocenters. The van der Waals surface area contributed by atoms with Crippen LogP contribution in [0.5, 0.6) is 0 Å². The first kappa shape index (κ1) is 16.8. The molecule has 0 amide bonds. The third kappa shape index (κ3) is 3.98. The smallest absolute Gasteiger partial charge is 0.186 e. The minimum absolute atomic E-state index is 0.557. The lowest BCUT2D eigenvalue weighted by molar-refractivity contribution is 0.390. The number of thiazole rings is 1. The molecule has 0 saturated carbocycles. The van der Waals surface area contributed by atoms with Crippen LogP contribution in [0.4, 0.5) is 5.13 Å². The Morgan fingerprint density at radius 3 is 2.76 bits per heavy atom. The number of nitrogens with one attached hydrogen (secondary N) is 1. The summed E-state index contributed by atoms with van der Waals surface area (Å²) in [5, 5.41) is 4.72. The summed E-state index contributed by atoms with van der Waals surface area (Å²) in [5.41, 5.74) is 1.32. The van der Waals surface area contributed by atoms with Crippen molar-refractivity contribution in [3.8, 4) is 0 Å². The highest BCUT2D eigenvalue weighted by Gasteiger charge is 2.27. The summed E-state index contributed by atoms with van der Waals surface area (Å²) >= 11 is 1.91. The molecule has 1 N–H and O–H groups in total. The molecule has 2 rings (SSSR count). The zero-order valence-corrected chi connectivity index (χ0v) is 15.1. The van der Waals surface area contributed by atoms with Crippen LogP contribution in [0.25, 0.3) is 0 Å². The summed E-state index contributed by atoms with van der Waals surface area (Å²) in [6, 6.07) is 0.629. The average molecular weight is 310 g/mol. The summed E-state index contributed by atoms with van der Waals surface area (Å²) in [6.45, 7) is 14.6. The van der Waals surface area contributed by atoms with E-state index in [1.807, 2.05) is 11.3 Å². The standard InChI is InChI=1S/C17H31N3S/c1-6-13(4)16-15(10-18-7-2)21-17(19-16)20-11-12(3)8-9-14(20)5/h12-14,18H,6-11H2,1-5H3. The predicted octanol–water partition coefficient (Wildman–Crippen LogP) is 4.39. The molecule has 0 spiro atoms. The maximum atomic E-state index is 5.05. The number of piperidine rings is 1. The van der Waals surface area contributed by atoms with E-state index in [-0.39, 0.29) is 0 Å². The van der Waals surface area contributed by atoms with Crippen molar-refractivity contribution in [3.63, 3.8) is 0 Å². The topological polar surface area (TPSA) is 28.2 Å². The first-order chi connectivity index (χ1) is 10.1. The van der Waals surface area contributed by atoms with Crippen molar-refractivity contribution < 1.29 is 0 Å². The van der Waals surface area contributed by atoms with Crippen molar-refractivity contribution >= 4 is 16.5 Å². The van der Waals surface area contributed by atoms with E-state index >= 15 is 0 Å². The fourth-order valence-corrected chi connectivity index (χ4v) is 4.23. The van der Waals surface area contributed by atoms with Crippen LogP contribution < -0.4 is 10.2 Å². The molecule has 120 valence electrons. The first-order valence-electron chi connectivity index (χ1n) is 8.53. The summed E-state index contributed by atoms with van der Waals surface area (Å²) in [4.78, 5) is 9.03. The van der Waals surface area contributed by atoms with Gasteiger partial charge in [0.25, 0.3) is 0 Å². The van der Waals surface area contributed by atoms with Gasteiger partial charge in [0.05, 0.1) is 5.69 Å². The normalized spacial score (nSPS) is 24.3. The van der Waals surface area contributed by atoms with Crippen LogP contribution in [-0.2, 0) is 6.54 Å². The van der Waals surface area contributed by atoms with Gasteiger partial charge in [-0.2, -0.15) is 0 Å². The van der Waals surface area contributed by atoms with Crippen molar-refractivity contribution in [2.45, 2.75) is 72.4 Å².